The quantitative estimate of drug-likeness (QED) is 0.862. The van der Waals surface area contributed by atoms with Gasteiger partial charge in [0.25, 0.3) is 0 Å². The van der Waals surface area contributed by atoms with E-state index in [1.54, 1.807) is 12.1 Å². The highest BCUT2D eigenvalue weighted by Crippen LogP contribution is 2.51. The van der Waals surface area contributed by atoms with Gasteiger partial charge in [-0.15, -0.1) is 0 Å². The SMILES string of the molecule is Cc1cc(C)nc([C@@H]2CCN(C(=O)C3(c4ccccc4F)CC3)C2)n1. The molecule has 0 N–H and O–H groups in total. The fourth-order valence-corrected chi connectivity index (χ4v) is 3.97. The highest BCUT2D eigenvalue weighted by molar-refractivity contribution is 5.91. The number of aromatic nitrogens is 2. The Morgan fingerprint density at radius 3 is 2.52 bits per heavy atom. The monoisotopic (exact) mass is 339 g/mol. The fraction of sp³-hybridized carbons (Fsp3) is 0.450. The van der Waals surface area contributed by atoms with E-state index < -0.39 is 5.41 Å². The molecule has 25 heavy (non-hydrogen) atoms. The lowest BCUT2D eigenvalue weighted by atomic mass is 9.94. The molecule has 2 fully saturated rings. The minimum atomic E-state index is -0.649. The Kier molecular flexibility index (Phi) is 3.82. The molecule has 0 spiro atoms. The summed E-state index contributed by atoms with van der Waals surface area (Å²) >= 11 is 0. The number of rotatable bonds is 3. The summed E-state index contributed by atoms with van der Waals surface area (Å²) in [5.41, 5.74) is 1.81. The van der Waals surface area contributed by atoms with Crippen molar-refractivity contribution in [3.63, 3.8) is 0 Å². The molecule has 4 rings (SSSR count). The predicted octanol–water partition coefficient (Wildman–Crippen LogP) is 3.28. The van der Waals surface area contributed by atoms with Crippen LogP contribution in [0.2, 0.25) is 0 Å². The molecule has 1 aromatic heterocycles. The molecule has 1 aliphatic heterocycles. The first-order valence-corrected chi connectivity index (χ1v) is 8.86. The summed E-state index contributed by atoms with van der Waals surface area (Å²) in [7, 11) is 0. The molecule has 5 heteroatoms. The number of benzene rings is 1. The average Bonchev–Trinajstić information content (AvgIpc) is 3.22. The number of aryl methyl sites for hydroxylation is 2. The lowest BCUT2D eigenvalue weighted by Gasteiger charge is -2.24. The van der Waals surface area contributed by atoms with Crippen molar-refractivity contribution < 1.29 is 9.18 Å². The Morgan fingerprint density at radius 2 is 1.88 bits per heavy atom. The topological polar surface area (TPSA) is 46.1 Å². The zero-order valence-electron chi connectivity index (χ0n) is 14.6. The molecule has 1 atom stereocenters. The first kappa shape index (κ1) is 16.2. The van der Waals surface area contributed by atoms with Gasteiger partial charge in [0.1, 0.15) is 11.6 Å². The molecule has 0 radical (unpaired) electrons. The molecule has 0 bridgehead atoms. The van der Waals surface area contributed by atoms with Crippen LogP contribution >= 0.6 is 0 Å². The van der Waals surface area contributed by atoms with E-state index in [4.69, 9.17) is 0 Å². The van der Waals surface area contributed by atoms with Crippen LogP contribution in [-0.4, -0.2) is 33.9 Å². The van der Waals surface area contributed by atoms with Gasteiger partial charge in [-0.1, -0.05) is 18.2 Å². The maximum atomic E-state index is 14.2. The molecule has 1 saturated heterocycles. The number of carbonyl (C=O) groups is 1. The molecular weight excluding hydrogens is 317 g/mol. The third-order valence-electron chi connectivity index (χ3n) is 5.39. The highest BCUT2D eigenvalue weighted by atomic mass is 19.1. The predicted molar refractivity (Wildman–Crippen MR) is 92.8 cm³/mol. The van der Waals surface area contributed by atoms with Crippen LogP contribution in [0.25, 0.3) is 0 Å². The standard InChI is InChI=1S/C20H22FN3O/c1-13-11-14(2)23-18(22-13)15-7-10-24(12-15)19(25)20(8-9-20)16-5-3-4-6-17(16)21/h3-6,11,15H,7-10,12H2,1-2H3/t15-/m1/s1. The third kappa shape index (κ3) is 2.81. The zero-order valence-corrected chi connectivity index (χ0v) is 14.6. The maximum absolute atomic E-state index is 14.2. The Labute approximate surface area is 147 Å². The lowest BCUT2D eigenvalue weighted by Crippen LogP contribution is -2.38. The van der Waals surface area contributed by atoms with Crippen LogP contribution in [0.1, 0.15) is 48.0 Å². The molecule has 2 heterocycles. The van der Waals surface area contributed by atoms with Crippen molar-refractivity contribution in [1.82, 2.24) is 14.9 Å². The molecule has 2 aromatic rings. The van der Waals surface area contributed by atoms with E-state index in [9.17, 15) is 9.18 Å². The van der Waals surface area contributed by atoms with Gasteiger partial charge in [-0.05, 0) is 45.2 Å². The average molecular weight is 339 g/mol. The van der Waals surface area contributed by atoms with Crippen LogP contribution in [0.3, 0.4) is 0 Å². The molecule has 0 unspecified atom stereocenters. The molecule has 1 aliphatic carbocycles. The van der Waals surface area contributed by atoms with Crippen molar-refractivity contribution >= 4 is 5.91 Å². The van der Waals surface area contributed by atoms with Crippen LogP contribution in [0.4, 0.5) is 4.39 Å². The number of amides is 1. The van der Waals surface area contributed by atoms with Gasteiger partial charge in [0.15, 0.2) is 0 Å². The fourth-order valence-electron chi connectivity index (χ4n) is 3.97. The molecule has 1 amide bonds. The van der Waals surface area contributed by atoms with Crippen molar-refractivity contribution in [3.8, 4) is 0 Å². The number of likely N-dealkylation sites (tertiary alicyclic amines) is 1. The number of nitrogens with zero attached hydrogens (tertiary/aromatic N) is 3. The van der Waals surface area contributed by atoms with Gasteiger partial charge in [0.2, 0.25) is 5.91 Å². The zero-order chi connectivity index (χ0) is 17.6. The Bertz CT molecular complexity index is 811. The van der Waals surface area contributed by atoms with E-state index in [1.165, 1.54) is 6.07 Å². The summed E-state index contributed by atoms with van der Waals surface area (Å²) in [6, 6.07) is 8.63. The van der Waals surface area contributed by atoms with Crippen molar-refractivity contribution in [3.05, 3.63) is 58.9 Å². The summed E-state index contributed by atoms with van der Waals surface area (Å²) in [5, 5.41) is 0. The van der Waals surface area contributed by atoms with E-state index in [0.717, 1.165) is 36.5 Å². The Balaban J connectivity index is 1.54. The summed E-state index contributed by atoms with van der Waals surface area (Å²) in [6.07, 6.45) is 2.32. The van der Waals surface area contributed by atoms with Crippen LogP contribution in [0.5, 0.6) is 0 Å². The molecule has 1 saturated carbocycles. The van der Waals surface area contributed by atoms with Crippen molar-refractivity contribution in [1.29, 1.82) is 0 Å². The smallest absolute Gasteiger partial charge is 0.233 e. The van der Waals surface area contributed by atoms with Crippen molar-refractivity contribution in [2.45, 2.75) is 44.4 Å². The Hall–Kier alpha value is -2.30. The van der Waals surface area contributed by atoms with E-state index in [2.05, 4.69) is 9.97 Å². The van der Waals surface area contributed by atoms with E-state index in [0.29, 0.717) is 18.7 Å². The molecular formula is C20H22FN3O. The largest absolute Gasteiger partial charge is 0.341 e. The number of hydrogen-bond donors (Lipinski definition) is 0. The lowest BCUT2D eigenvalue weighted by molar-refractivity contribution is -0.133. The van der Waals surface area contributed by atoms with Crippen LogP contribution in [0, 0.1) is 19.7 Å². The number of hydrogen-bond acceptors (Lipinski definition) is 3. The van der Waals surface area contributed by atoms with Crippen molar-refractivity contribution in [2.24, 2.45) is 0 Å². The van der Waals surface area contributed by atoms with E-state index >= 15 is 0 Å². The van der Waals surface area contributed by atoms with Gasteiger partial charge >= 0.3 is 0 Å². The third-order valence-corrected chi connectivity index (χ3v) is 5.39. The second-order valence-electron chi connectivity index (χ2n) is 7.31. The van der Waals surface area contributed by atoms with Crippen molar-refractivity contribution in [2.75, 3.05) is 13.1 Å². The van der Waals surface area contributed by atoms with Gasteiger partial charge in [-0.25, -0.2) is 14.4 Å². The summed E-state index contributed by atoms with van der Waals surface area (Å²) in [5.74, 6) is 0.772. The van der Waals surface area contributed by atoms with Gasteiger partial charge < -0.3 is 4.90 Å². The number of carbonyl (C=O) groups excluding carboxylic acids is 1. The first-order chi connectivity index (χ1) is 12.0. The minimum absolute atomic E-state index is 0.0597. The first-order valence-electron chi connectivity index (χ1n) is 8.86. The van der Waals surface area contributed by atoms with Gasteiger partial charge in [-0.2, -0.15) is 0 Å². The Morgan fingerprint density at radius 1 is 1.20 bits per heavy atom. The molecule has 130 valence electrons. The summed E-state index contributed by atoms with van der Waals surface area (Å²) in [4.78, 5) is 24.1. The van der Waals surface area contributed by atoms with Crippen LogP contribution in [-0.2, 0) is 10.2 Å². The minimum Gasteiger partial charge on any atom is -0.341 e. The van der Waals surface area contributed by atoms with Gasteiger partial charge in [0.05, 0.1) is 5.41 Å². The molecule has 2 aliphatic rings. The van der Waals surface area contributed by atoms with Gasteiger partial charge in [-0.3, -0.25) is 4.79 Å². The summed E-state index contributed by atoms with van der Waals surface area (Å²) in [6.45, 7) is 5.24. The van der Waals surface area contributed by atoms with E-state index in [-0.39, 0.29) is 17.6 Å². The van der Waals surface area contributed by atoms with Crippen LogP contribution in [0.15, 0.2) is 30.3 Å². The highest BCUT2D eigenvalue weighted by Gasteiger charge is 2.55. The second kappa shape index (κ2) is 5.90. The van der Waals surface area contributed by atoms with Gasteiger partial charge in [0, 0.05) is 36.0 Å². The molecule has 4 nitrogen and oxygen atoms in total. The molecule has 1 aromatic carbocycles. The van der Waals surface area contributed by atoms with Crippen LogP contribution < -0.4 is 0 Å². The number of halogens is 1. The second-order valence-corrected chi connectivity index (χ2v) is 7.31. The normalized spacial score (nSPS) is 21.4. The maximum Gasteiger partial charge on any atom is 0.233 e. The van der Waals surface area contributed by atoms with E-state index in [1.807, 2.05) is 30.9 Å². The summed E-state index contributed by atoms with van der Waals surface area (Å²) < 4.78 is 14.2.